The van der Waals surface area contributed by atoms with Crippen LogP contribution < -0.4 is 4.83 Å². The molecular weight excluding hydrogens is 372 g/mol. The number of phenolic OH excluding ortho intramolecular Hbond substituents is 1. The molecule has 6 heteroatoms. The topological polar surface area (TPSA) is 78.8 Å². The van der Waals surface area contributed by atoms with Gasteiger partial charge in [-0.05, 0) is 47.6 Å². The number of benzene rings is 2. The molecule has 0 bridgehead atoms. The Morgan fingerprint density at radius 1 is 0.929 bits per heavy atom. The predicted octanol–water partition coefficient (Wildman–Crippen LogP) is 4.61. The van der Waals surface area contributed by atoms with E-state index in [-0.39, 0.29) is 21.5 Å². The van der Waals surface area contributed by atoms with Gasteiger partial charge in [0.25, 0.3) is 10.0 Å². The Balaban J connectivity index is 2.39. The second-order valence-electron chi connectivity index (χ2n) is 9.13. The number of aromatic hydroxyl groups is 1. The maximum Gasteiger partial charge on any atom is 0.276 e. The molecule has 0 spiro atoms. The summed E-state index contributed by atoms with van der Waals surface area (Å²) in [5.74, 6) is 0.275. The highest BCUT2D eigenvalue weighted by Gasteiger charge is 2.26. The summed E-state index contributed by atoms with van der Waals surface area (Å²) >= 11 is 0. The van der Waals surface area contributed by atoms with Crippen LogP contribution in [0.4, 0.5) is 0 Å². The lowest BCUT2D eigenvalue weighted by molar-refractivity contribution is 0.423. The van der Waals surface area contributed by atoms with Crippen LogP contribution in [0.15, 0.2) is 46.4 Å². The monoisotopic (exact) mass is 402 g/mol. The molecule has 2 aromatic rings. The predicted molar refractivity (Wildman–Crippen MR) is 115 cm³/mol. The Hall–Kier alpha value is -2.34. The van der Waals surface area contributed by atoms with Crippen LogP contribution in [0.3, 0.4) is 0 Å². The molecule has 0 fully saturated rings. The summed E-state index contributed by atoms with van der Waals surface area (Å²) in [6.45, 7) is 14.0. The molecule has 0 aromatic heterocycles. The van der Waals surface area contributed by atoms with E-state index in [9.17, 15) is 13.5 Å². The van der Waals surface area contributed by atoms with Crippen molar-refractivity contribution < 1.29 is 13.5 Å². The second-order valence-corrected chi connectivity index (χ2v) is 10.8. The minimum atomic E-state index is -3.73. The number of nitrogens with zero attached hydrogens (tertiary/aromatic N) is 1. The number of phenols is 1. The lowest BCUT2D eigenvalue weighted by Gasteiger charge is -2.27. The molecule has 152 valence electrons. The van der Waals surface area contributed by atoms with Crippen LogP contribution in [0.25, 0.3) is 0 Å². The van der Waals surface area contributed by atoms with Gasteiger partial charge < -0.3 is 5.11 Å². The largest absolute Gasteiger partial charge is 0.507 e. The molecule has 0 aliphatic heterocycles. The van der Waals surface area contributed by atoms with Gasteiger partial charge in [0.15, 0.2) is 0 Å². The number of aryl methyl sites for hydroxylation is 1. The van der Waals surface area contributed by atoms with E-state index in [1.165, 1.54) is 6.21 Å². The molecule has 0 amide bonds. The standard InChI is InChI=1S/C22H30N2O3S/c1-15-8-10-17(11-9-15)28(26,27)24-23-14-16-12-18(21(2,3)4)20(25)19(13-16)22(5,6)7/h8-14,24-25H,1-7H3/b23-14-. The molecule has 2 N–H and O–H groups in total. The van der Waals surface area contributed by atoms with Crippen molar-refractivity contribution in [3.8, 4) is 5.75 Å². The lowest BCUT2D eigenvalue weighted by Crippen LogP contribution is -2.19. The molecule has 2 aromatic carbocycles. The summed E-state index contributed by atoms with van der Waals surface area (Å²) in [4.78, 5) is 2.41. The smallest absolute Gasteiger partial charge is 0.276 e. The summed E-state index contributed by atoms with van der Waals surface area (Å²) in [7, 11) is -3.73. The zero-order valence-electron chi connectivity index (χ0n) is 17.7. The third-order valence-corrected chi connectivity index (χ3v) is 5.70. The molecule has 0 aliphatic rings. The lowest BCUT2D eigenvalue weighted by atomic mass is 9.78. The van der Waals surface area contributed by atoms with Crippen molar-refractivity contribution in [2.24, 2.45) is 5.10 Å². The molecule has 0 saturated heterocycles. The van der Waals surface area contributed by atoms with Gasteiger partial charge >= 0.3 is 0 Å². The highest BCUT2D eigenvalue weighted by molar-refractivity contribution is 7.89. The minimum Gasteiger partial charge on any atom is -0.507 e. The van der Waals surface area contributed by atoms with Gasteiger partial charge in [0.1, 0.15) is 5.75 Å². The van der Waals surface area contributed by atoms with Gasteiger partial charge in [0.05, 0.1) is 11.1 Å². The molecule has 0 radical (unpaired) electrons. The van der Waals surface area contributed by atoms with Gasteiger partial charge in [0.2, 0.25) is 0 Å². The molecule has 0 heterocycles. The molecule has 0 atom stereocenters. The number of hydrogen-bond donors (Lipinski definition) is 2. The Labute approximate surface area is 168 Å². The summed E-state index contributed by atoms with van der Waals surface area (Å²) in [5, 5.41) is 14.7. The van der Waals surface area contributed by atoms with Crippen LogP contribution in [-0.2, 0) is 20.9 Å². The first-order chi connectivity index (χ1) is 12.7. The summed E-state index contributed by atoms with van der Waals surface area (Å²) in [6.07, 6.45) is 1.47. The van der Waals surface area contributed by atoms with E-state index in [1.54, 1.807) is 24.3 Å². The number of nitrogens with one attached hydrogen (secondary N) is 1. The fraction of sp³-hybridized carbons (Fsp3) is 0.409. The van der Waals surface area contributed by atoms with E-state index in [1.807, 2.05) is 60.6 Å². The highest BCUT2D eigenvalue weighted by Crippen LogP contribution is 2.39. The molecule has 0 aliphatic carbocycles. The Kier molecular flexibility index (Phi) is 5.95. The van der Waals surface area contributed by atoms with Crippen molar-refractivity contribution in [2.45, 2.75) is 64.2 Å². The fourth-order valence-corrected chi connectivity index (χ4v) is 3.61. The van der Waals surface area contributed by atoms with Gasteiger partial charge in [-0.2, -0.15) is 13.5 Å². The van der Waals surface area contributed by atoms with E-state index >= 15 is 0 Å². The first-order valence-electron chi connectivity index (χ1n) is 9.21. The van der Waals surface area contributed by atoms with Crippen molar-refractivity contribution in [1.82, 2.24) is 4.83 Å². The molecular formula is C22H30N2O3S. The van der Waals surface area contributed by atoms with Crippen LogP contribution in [0.2, 0.25) is 0 Å². The minimum absolute atomic E-state index is 0.159. The van der Waals surface area contributed by atoms with Crippen LogP contribution in [0.5, 0.6) is 5.75 Å². The van der Waals surface area contributed by atoms with Crippen LogP contribution >= 0.6 is 0 Å². The summed E-state index contributed by atoms with van der Waals surface area (Å²) in [5.41, 5.74) is 2.76. The number of rotatable bonds is 4. The van der Waals surface area contributed by atoms with Crippen molar-refractivity contribution in [1.29, 1.82) is 0 Å². The highest BCUT2D eigenvalue weighted by atomic mass is 32.2. The SMILES string of the molecule is Cc1ccc(S(=O)(=O)N/N=C\c2cc(C(C)(C)C)c(O)c(C(C)(C)C)c2)cc1. The van der Waals surface area contributed by atoms with E-state index in [2.05, 4.69) is 9.93 Å². The zero-order chi connectivity index (χ0) is 21.3. The second kappa shape index (κ2) is 7.59. The first kappa shape index (κ1) is 22.0. The normalized spacial score (nSPS) is 13.1. The van der Waals surface area contributed by atoms with Crippen LogP contribution in [0, 0.1) is 6.92 Å². The van der Waals surface area contributed by atoms with Gasteiger partial charge in [0, 0.05) is 11.1 Å². The van der Waals surface area contributed by atoms with Crippen LogP contribution in [-0.4, -0.2) is 19.7 Å². The van der Waals surface area contributed by atoms with Gasteiger partial charge in [-0.15, -0.1) is 0 Å². The van der Waals surface area contributed by atoms with E-state index in [4.69, 9.17) is 0 Å². The summed E-state index contributed by atoms with van der Waals surface area (Å²) in [6, 6.07) is 10.3. The zero-order valence-corrected chi connectivity index (χ0v) is 18.5. The molecule has 2 rings (SSSR count). The number of sulfonamides is 1. The maximum atomic E-state index is 12.4. The quantitative estimate of drug-likeness (QED) is 0.579. The van der Waals surface area contributed by atoms with Crippen molar-refractivity contribution in [3.63, 3.8) is 0 Å². The van der Waals surface area contributed by atoms with Crippen molar-refractivity contribution >= 4 is 16.2 Å². The molecule has 0 saturated carbocycles. The fourth-order valence-electron chi connectivity index (χ4n) is 2.82. The van der Waals surface area contributed by atoms with E-state index in [0.717, 1.165) is 22.3 Å². The third-order valence-electron chi connectivity index (χ3n) is 4.47. The molecule has 0 unspecified atom stereocenters. The molecule has 28 heavy (non-hydrogen) atoms. The van der Waals surface area contributed by atoms with E-state index < -0.39 is 10.0 Å². The Bertz CT molecular complexity index is 943. The molecule has 5 nitrogen and oxygen atoms in total. The van der Waals surface area contributed by atoms with Crippen LogP contribution in [0.1, 0.15) is 63.8 Å². The van der Waals surface area contributed by atoms with Gasteiger partial charge in [-0.3, -0.25) is 0 Å². The average molecular weight is 403 g/mol. The van der Waals surface area contributed by atoms with Crippen molar-refractivity contribution in [3.05, 3.63) is 58.7 Å². The summed E-state index contributed by atoms with van der Waals surface area (Å²) < 4.78 is 24.8. The van der Waals surface area contributed by atoms with Crippen molar-refractivity contribution in [2.75, 3.05) is 0 Å². The Morgan fingerprint density at radius 3 is 1.82 bits per heavy atom. The Morgan fingerprint density at radius 2 is 1.39 bits per heavy atom. The maximum absolute atomic E-state index is 12.4. The van der Waals surface area contributed by atoms with Gasteiger partial charge in [-0.1, -0.05) is 59.2 Å². The average Bonchev–Trinajstić information content (AvgIpc) is 2.54. The van der Waals surface area contributed by atoms with Gasteiger partial charge in [-0.25, -0.2) is 4.83 Å². The number of hydrazone groups is 1. The number of hydrogen-bond acceptors (Lipinski definition) is 4. The first-order valence-corrected chi connectivity index (χ1v) is 10.7. The third kappa shape index (κ3) is 5.13. The van der Waals surface area contributed by atoms with E-state index in [0.29, 0.717) is 0 Å².